The maximum Gasteiger partial charge on any atom is 0.173 e. The molecular weight excluding hydrogens is 338 g/mol. The van der Waals surface area contributed by atoms with Gasteiger partial charge in [0.15, 0.2) is 16.6 Å². The molecule has 0 radical (unpaired) electrons. The van der Waals surface area contributed by atoms with Crippen LogP contribution in [0.5, 0.6) is 11.5 Å². The number of hydrogen-bond donors (Lipinski definition) is 4. The molecule has 24 heavy (non-hydrogen) atoms. The van der Waals surface area contributed by atoms with Gasteiger partial charge in [-0.25, -0.2) is 8.78 Å². The minimum absolute atomic E-state index is 0.00607. The Kier molecular flexibility index (Phi) is 5.53. The van der Waals surface area contributed by atoms with Gasteiger partial charge in [-0.1, -0.05) is 12.1 Å². The minimum atomic E-state index is -1.04. The Morgan fingerprint density at radius 2 is 1.79 bits per heavy atom. The highest BCUT2D eigenvalue weighted by Gasteiger charge is 2.17. The molecule has 0 fully saturated rings. The second-order valence-electron chi connectivity index (χ2n) is 5.17. The fourth-order valence-corrected chi connectivity index (χ4v) is 2.19. The molecule has 0 aliphatic rings. The summed E-state index contributed by atoms with van der Waals surface area (Å²) in [5, 5.41) is 31.4. The van der Waals surface area contributed by atoms with E-state index in [-0.39, 0.29) is 28.8 Å². The molecule has 0 aliphatic heterocycles. The smallest absolute Gasteiger partial charge is 0.173 e. The Labute approximate surface area is 142 Å². The lowest BCUT2D eigenvalue weighted by atomic mass is 10.1. The van der Waals surface area contributed by atoms with Crippen molar-refractivity contribution in [2.45, 2.75) is 6.10 Å². The zero-order valence-electron chi connectivity index (χ0n) is 12.7. The predicted molar refractivity (Wildman–Crippen MR) is 89.9 cm³/mol. The maximum absolute atomic E-state index is 13.6. The molecule has 0 aromatic heterocycles. The predicted octanol–water partition coefficient (Wildman–Crippen LogP) is 2.74. The zero-order chi connectivity index (χ0) is 17.9. The number of benzene rings is 2. The highest BCUT2D eigenvalue weighted by molar-refractivity contribution is 7.80. The van der Waals surface area contributed by atoms with E-state index in [1.54, 1.807) is 0 Å². The van der Waals surface area contributed by atoms with Crippen LogP contribution in [0.3, 0.4) is 0 Å². The molecule has 0 saturated heterocycles. The number of rotatable bonds is 4. The zero-order valence-corrected chi connectivity index (χ0v) is 13.5. The van der Waals surface area contributed by atoms with Crippen molar-refractivity contribution in [2.24, 2.45) is 0 Å². The molecule has 0 saturated carbocycles. The molecular formula is C16H16F2N2O3S. The van der Waals surface area contributed by atoms with E-state index in [2.05, 4.69) is 5.32 Å². The minimum Gasteiger partial charge on any atom is -0.504 e. The molecule has 0 spiro atoms. The first-order valence-electron chi connectivity index (χ1n) is 6.95. The van der Waals surface area contributed by atoms with Gasteiger partial charge in [-0.2, -0.15) is 0 Å². The number of hydrogen-bond acceptors (Lipinski definition) is 4. The number of phenolic OH excluding ortho intramolecular Hbond substituents is 2. The second kappa shape index (κ2) is 7.41. The molecule has 128 valence electrons. The average molecular weight is 354 g/mol. The van der Waals surface area contributed by atoms with Crippen LogP contribution in [0.1, 0.15) is 11.7 Å². The number of nitrogens with zero attached hydrogens (tertiary/aromatic N) is 1. The van der Waals surface area contributed by atoms with Crippen LogP contribution in [0.25, 0.3) is 0 Å². The maximum atomic E-state index is 13.6. The SMILES string of the molecule is CN(CC(O)c1ccc(O)c(O)c1)C(=S)Nc1c(F)cccc1F. The number of likely N-dealkylation sites (N-methyl/N-ethyl adjacent to an activating group) is 1. The van der Waals surface area contributed by atoms with Crippen molar-refractivity contribution >= 4 is 23.0 Å². The normalized spacial score (nSPS) is 11.8. The van der Waals surface area contributed by atoms with Crippen molar-refractivity contribution in [3.8, 4) is 11.5 Å². The van der Waals surface area contributed by atoms with Gasteiger partial charge in [0.05, 0.1) is 6.10 Å². The fourth-order valence-electron chi connectivity index (χ4n) is 2.02. The molecule has 2 rings (SSSR count). The van der Waals surface area contributed by atoms with Gasteiger partial charge in [0.2, 0.25) is 0 Å². The van der Waals surface area contributed by atoms with Crippen molar-refractivity contribution in [2.75, 3.05) is 18.9 Å². The first kappa shape index (κ1) is 17.9. The molecule has 5 nitrogen and oxygen atoms in total. The summed E-state index contributed by atoms with van der Waals surface area (Å²) in [7, 11) is 1.54. The summed E-state index contributed by atoms with van der Waals surface area (Å²) in [6.07, 6.45) is -1.04. The van der Waals surface area contributed by atoms with Crippen LogP contribution in [-0.2, 0) is 0 Å². The Morgan fingerprint density at radius 3 is 2.38 bits per heavy atom. The first-order valence-corrected chi connectivity index (χ1v) is 7.36. The van der Waals surface area contributed by atoms with Gasteiger partial charge in [0, 0.05) is 13.6 Å². The summed E-state index contributed by atoms with van der Waals surface area (Å²) in [6, 6.07) is 7.36. The summed E-state index contributed by atoms with van der Waals surface area (Å²) in [4.78, 5) is 1.40. The largest absolute Gasteiger partial charge is 0.504 e. The summed E-state index contributed by atoms with van der Waals surface area (Å²) < 4.78 is 27.2. The first-order chi connectivity index (χ1) is 11.3. The van der Waals surface area contributed by atoms with Crippen molar-refractivity contribution < 1.29 is 24.1 Å². The van der Waals surface area contributed by atoms with Crippen LogP contribution < -0.4 is 5.32 Å². The van der Waals surface area contributed by atoms with Crippen LogP contribution in [-0.4, -0.2) is 38.9 Å². The summed E-state index contributed by atoms with van der Waals surface area (Å²) in [5.41, 5.74) is -0.0110. The van der Waals surface area contributed by atoms with Crippen molar-refractivity contribution in [3.63, 3.8) is 0 Å². The van der Waals surface area contributed by atoms with E-state index in [0.717, 1.165) is 12.1 Å². The van der Waals surface area contributed by atoms with Gasteiger partial charge in [0.25, 0.3) is 0 Å². The lowest BCUT2D eigenvalue weighted by Gasteiger charge is -2.24. The van der Waals surface area contributed by atoms with Gasteiger partial charge in [-0.05, 0) is 42.0 Å². The van der Waals surface area contributed by atoms with E-state index in [1.807, 2.05) is 0 Å². The molecule has 2 aromatic carbocycles. The lowest BCUT2D eigenvalue weighted by Crippen LogP contribution is -2.35. The number of para-hydroxylation sites is 1. The van der Waals surface area contributed by atoms with Crippen molar-refractivity contribution in [1.29, 1.82) is 0 Å². The number of halogens is 2. The molecule has 8 heteroatoms. The topological polar surface area (TPSA) is 76.0 Å². The van der Waals surface area contributed by atoms with E-state index < -0.39 is 17.7 Å². The number of nitrogens with one attached hydrogen (secondary N) is 1. The van der Waals surface area contributed by atoms with Crippen molar-refractivity contribution in [1.82, 2.24) is 4.90 Å². The number of aliphatic hydroxyl groups excluding tert-OH is 1. The molecule has 0 aliphatic carbocycles. The Bertz CT molecular complexity index is 738. The summed E-state index contributed by atoms with van der Waals surface area (Å²) >= 11 is 5.07. The fraction of sp³-hybridized carbons (Fsp3) is 0.188. The Morgan fingerprint density at radius 1 is 1.17 bits per heavy atom. The third-order valence-electron chi connectivity index (χ3n) is 3.37. The van der Waals surface area contributed by atoms with E-state index >= 15 is 0 Å². The quantitative estimate of drug-likeness (QED) is 0.500. The standard InChI is InChI=1S/C16H16F2N2O3S/c1-20(8-14(23)9-5-6-12(21)13(22)7-9)16(24)19-15-10(17)3-2-4-11(15)18/h2-7,14,21-23H,8H2,1H3,(H,19,24). The summed E-state index contributed by atoms with van der Waals surface area (Å²) in [5.74, 6) is -2.22. The van der Waals surface area contributed by atoms with Crippen LogP contribution in [0.2, 0.25) is 0 Å². The average Bonchev–Trinajstić information content (AvgIpc) is 2.53. The van der Waals surface area contributed by atoms with Crippen LogP contribution in [0.4, 0.5) is 14.5 Å². The van der Waals surface area contributed by atoms with Gasteiger partial charge in [-0.15, -0.1) is 0 Å². The Hall–Kier alpha value is -2.45. The highest BCUT2D eigenvalue weighted by Crippen LogP contribution is 2.28. The molecule has 0 heterocycles. The van der Waals surface area contributed by atoms with Crippen LogP contribution >= 0.6 is 12.2 Å². The van der Waals surface area contributed by atoms with E-state index in [4.69, 9.17) is 12.2 Å². The van der Waals surface area contributed by atoms with Crippen molar-refractivity contribution in [3.05, 3.63) is 53.6 Å². The number of phenols is 2. The third-order valence-corrected chi connectivity index (χ3v) is 3.79. The van der Waals surface area contributed by atoms with Gasteiger partial charge in [0.1, 0.15) is 17.3 Å². The number of thiocarbonyl (C=S) groups is 1. The van der Waals surface area contributed by atoms with E-state index in [0.29, 0.717) is 5.56 Å². The molecule has 1 unspecified atom stereocenters. The number of aliphatic hydroxyl groups is 1. The van der Waals surface area contributed by atoms with E-state index in [1.165, 1.54) is 36.2 Å². The molecule has 1 atom stereocenters. The number of anilines is 1. The monoisotopic (exact) mass is 354 g/mol. The van der Waals surface area contributed by atoms with Crippen LogP contribution in [0.15, 0.2) is 36.4 Å². The number of aromatic hydroxyl groups is 2. The molecule has 4 N–H and O–H groups in total. The van der Waals surface area contributed by atoms with E-state index in [9.17, 15) is 24.1 Å². The lowest BCUT2D eigenvalue weighted by molar-refractivity contribution is 0.152. The molecule has 0 bridgehead atoms. The molecule has 2 aromatic rings. The molecule has 0 amide bonds. The Balaban J connectivity index is 2.04. The van der Waals surface area contributed by atoms with Crippen LogP contribution in [0, 0.1) is 11.6 Å². The third kappa shape index (κ3) is 4.09. The second-order valence-corrected chi connectivity index (χ2v) is 5.56. The summed E-state index contributed by atoms with van der Waals surface area (Å²) in [6.45, 7) is 0.00607. The highest BCUT2D eigenvalue weighted by atomic mass is 32.1. The van der Waals surface area contributed by atoms with Gasteiger partial charge in [-0.3, -0.25) is 0 Å². The van der Waals surface area contributed by atoms with Gasteiger partial charge >= 0.3 is 0 Å². The van der Waals surface area contributed by atoms with Gasteiger partial charge < -0.3 is 25.5 Å².